The molecule has 10 rings (SSSR count). The Kier molecular flexibility index (Phi) is 12.6. The maximum atomic E-state index is 15.2. The van der Waals surface area contributed by atoms with E-state index in [0.717, 1.165) is 41.5 Å². The fourth-order valence-electron chi connectivity index (χ4n) is 10.9. The van der Waals surface area contributed by atoms with Crippen molar-refractivity contribution >= 4 is 29.8 Å². The number of carbonyl (C=O) groups is 4. The number of fused-ring (bicyclic) bond motifs is 5. The number of aliphatic hydroxyl groups excluding tert-OH is 1. The molecule has 4 heterocycles. The van der Waals surface area contributed by atoms with Gasteiger partial charge < -0.3 is 39.4 Å². The highest BCUT2D eigenvalue weighted by atomic mass is 16.8. The van der Waals surface area contributed by atoms with Crippen LogP contribution in [0.3, 0.4) is 0 Å². The van der Waals surface area contributed by atoms with Crippen molar-refractivity contribution in [1.29, 1.82) is 0 Å². The predicted molar refractivity (Wildman–Crippen MR) is 248 cm³/mol. The first-order valence-electron chi connectivity index (χ1n) is 23.9. The Morgan fingerprint density at radius 1 is 0.868 bits per heavy atom. The largest absolute Gasteiger partial charge is 0.460 e. The van der Waals surface area contributed by atoms with Crippen LogP contribution in [0.15, 0.2) is 115 Å². The van der Waals surface area contributed by atoms with Crippen LogP contribution in [0.2, 0.25) is 0 Å². The average Bonchev–Trinajstić information content (AvgIpc) is 3.86. The fraction of sp³-hybridized carbons (Fsp3) is 0.444. The highest BCUT2D eigenvalue weighted by Crippen LogP contribution is 2.59. The van der Waals surface area contributed by atoms with Crippen LogP contribution in [-0.4, -0.2) is 94.8 Å². The van der Waals surface area contributed by atoms with Crippen molar-refractivity contribution in [1.82, 2.24) is 15.7 Å². The van der Waals surface area contributed by atoms with E-state index >= 15 is 4.79 Å². The van der Waals surface area contributed by atoms with Crippen LogP contribution in [0.5, 0.6) is 0 Å². The molecule has 0 aromatic heterocycles. The Hall–Kier alpha value is -5.74. The van der Waals surface area contributed by atoms with Crippen LogP contribution >= 0.6 is 0 Å². The predicted octanol–water partition coefficient (Wildman–Crippen LogP) is 6.28. The second-order valence-corrected chi connectivity index (χ2v) is 20.0. The highest BCUT2D eigenvalue weighted by Gasteiger charge is 2.76. The second kappa shape index (κ2) is 18.6. The molecule has 10 unspecified atom stereocenters. The van der Waals surface area contributed by atoms with Crippen molar-refractivity contribution in [3.05, 3.63) is 149 Å². The first-order valence-corrected chi connectivity index (χ1v) is 23.9. The summed E-state index contributed by atoms with van der Waals surface area (Å²) in [6, 6.07) is 32.3. The third-order valence-corrected chi connectivity index (χ3v) is 14.1. The van der Waals surface area contributed by atoms with E-state index in [-0.39, 0.29) is 39.0 Å². The SMILES string of the molecule is CC(C)(C)OC(=O)CCC(CO)NC(=O)c1cccc(CNC(=O)C23CC4OC(=O)C2N(Cc2cccc(C=CC5CCC6OC6C5)c2)OC3C2OC(c3ccccc3)(c3ccccc3)OC42)c1. The number of nitrogens with one attached hydrogen (secondary N) is 2. The zero-order valence-electron chi connectivity index (χ0n) is 38.6. The van der Waals surface area contributed by atoms with Gasteiger partial charge in [0.05, 0.1) is 31.4 Å². The maximum Gasteiger partial charge on any atom is 0.327 e. The van der Waals surface area contributed by atoms with Crippen molar-refractivity contribution in [3.8, 4) is 0 Å². The van der Waals surface area contributed by atoms with Gasteiger partial charge >= 0.3 is 11.9 Å². The number of carbonyl (C=O) groups excluding carboxylic acids is 4. The molecule has 4 aliphatic heterocycles. The molecule has 2 saturated carbocycles. The number of nitrogens with zero attached hydrogens (tertiary/aromatic N) is 1. The Balaban J connectivity index is 0.918. The molecular weight excluding hydrogens is 867 g/mol. The van der Waals surface area contributed by atoms with Crippen molar-refractivity contribution < 1.29 is 52.8 Å². The van der Waals surface area contributed by atoms with Gasteiger partial charge in [-0.05, 0) is 81.2 Å². The van der Waals surface area contributed by atoms with Gasteiger partial charge in [0.2, 0.25) is 11.7 Å². The molecule has 10 atom stereocenters. The van der Waals surface area contributed by atoms with Crippen LogP contribution in [0.1, 0.15) is 97.5 Å². The van der Waals surface area contributed by atoms with E-state index in [1.807, 2.05) is 72.8 Å². The summed E-state index contributed by atoms with van der Waals surface area (Å²) in [5.74, 6) is -2.82. The molecule has 0 spiro atoms. The monoisotopic (exact) mass is 925 g/mol. The topological polar surface area (TPSA) is 174 Å². The lowest BCUT2D eigenvalue weighted by Gasteiger charge is -2.48. The zero-order chi connectivity index (χ0) is 47.2. The number of allylic oxidation sites excluding steroid dienone is 1. The van der Waals surface area contributed by atoms with Crippen LogP contribution in [0, 0.1) is 11.3 Å². The maximum absolute atomic E-state index is 15.2. The van der Waals surface area contributed by atoms with Crippen molar-refractivity contribution in [2.45, 2.75) is 132 Å². The normalized spacial score (nSPS) is 29.3. The van der Waals surface area contributed by atoms with Gasteiger partial charge in [-0.3, -0.25) is 24.0 Å². The lowest BCUT2D eigenvalue weighted by molar-refractivity contribution is -0.213. The number of amides is 2. The fourth-order valence-corrected chi connectivity index (χ4v) is 10.9. The minimum absolute atomic E-state index is 0.0214. The summed E-state index contributed by atoms with van der Waals surface area (Å²) in [5.41, 5.74) is 2.20. The molecule has 4 aromatic carbocycles. The molecule has 4 aromatic rings. The van der Waals surface area contributed by atoms with Crippen molar-refractivity contribution in [2.24, 2.45) is 11.3 Å². The number of aliphatic hydroxyl groups is 1. The molecule has 14 nitrogen and oxygen atoms in total. The summed E-state index contributed by atoms with van der Waals surface area (Å²) in [4.78, 5) is 62.5. The summed E-state index contributed by atoms with van der Waals surface area (Å²) in [6.07, 6.45) is 5.35. The van der Waals surface area contributed by atoms with Crippen molar-refractivity contribution in [2.75, 3.05) is 6.61 Å². The Morgan fingerprint density at radius 2 is 1.59 bits per heavy atom. The van der Waals surface area contributed by atoms with Crippen LogP contribution in [0.4, 0.5) is 0 Å². The lowest BCUT2D eigenvalue weighted by atomic mass is 9.62. The van der Waals surface area contributed by atoms with Gasteiger partial charge in [-0.1, -0.05) is 109 Å². The molecule has 68 heavy (non-hydrogen) atoms. The minimum atomic E-state index is -1.47. The first kappa shape index (κ1) is 46.0. The molecule has 14 heteroatoms. The van der Waals surface area contributed by atoms with E-state index in [4.69, 9.17) is 28.5 Å². The molecule has 4 saturated heterocycles. The van der Waals surface area contributed by atoms with E-state index in [1.165, 1.54) is 0 Å². The number of epoxide rings is 1. The van der Waals surface area contributed by atoms with Crippen LogP contribution in [0.25, 0.3) is 6.08 Å². The van der Waals surface area contributed by atoms with Gasteiger partial charge in [0.15, 0.2) is 6.04 Å². The average molecular weight is 926 g/mol. The Morgan fingerprint density at radius 3 is 2.31 bits per heavy atom. The smallest absolute Gasteiger partial charge is 0.327 e. The molecule has 356 valence electrons. The van der Waals surface area contributed by atoms with E-state index < -0.39 is 77.1 Å². The van der Waals surface area contributed by atoms with E-state index in [2.05, 4.69) is 34.9 Å². The van der Waals surface area contributed by atoms with Gasteiger partial charge in [0.1, 0.15) is 35.4 Å². The highest BCUT2D eigenvalue weighted by molar-refractivity contribution is 5.95. The molecule has 6 fully saturated rings. The Labute approximate surface area is 396 Å². The first-order chi connectivity index (χ1) is 32.8. The molecule has 2 bridgehead atoms. The van der Waals surface area contributed by atoms with Gasteiger partial charge in [0.25, 0.3) is 5.91 Å². The summed E-state index contributed by atoms with van der Waals surface area (Å²) >= 11 is 0. The van der Waals surface area contributed by atoms with E-state index in [0.29, 0.717) is 29.3 Å². The number of hydrogen-bond acceptors (Lipinski definition) is 12. The number of hydroxylamine groups is 2. The summed E-state index contributed by atoms with van der Waals surface area (Å²) in [7, 11) is 0. The van der Waals surface area contributed by atoms with Crippen molar-refractivity contribution in [3.63, 3.8) is 0 Å². The molecule has 2 aliphatic carbocycles. The van der Waals surface area contributed by atoms with Crippen LogP contribution in [-0.2, 0) is 61.8 Å². The number of hydrogen-bond donors (Lipinski definition) is 3. The molecule has 2 amide bonds. The number of esters is 2. The molecular formula is C54H59N3O11. The molecule has 3 N–H and O–H groups in total. The second-order valence-electron chi connectivity index (χ2n) is 20.0. The van der Waals surface area contributed by atoms with Crippen LogP contribution < -0.4 is 10.6 Å². The van der Waals surface area contributed by atoms with Gasteiger partial charge in [0, 0.05) is 36.1 Å². The molecule has 0 radical (unpaired) electrons. The minimum Gasteiger partial charge on any atom is -0.460 e. The standard InChI is InChI=1S/C54H59N3O11/c1-52(2,3)65-44(59)25-23-40(32-58)56-49(60)37-15-11-13-35(27-37)30-55-51(62)53-29-43-45-46(67-54(66-45,38-16-6-4-7-17-38)39-18-8-5-9-19-39)48(53)68-57(47(53)50(61)64-43)31-36-14-10-12-33(26-36)20-21-34-22-24-41-42(28-34)63-41/h4-21,26-27,34,40-43,45-48,58H,22-25,28-32H2,1-3H3,(H,55,62)(H,56,60). The quantitative estimate of drug-likeness (QED) is 0.0901. The zero-order valence-corrected chi connectivity index (χ0v) is 38.6. The number of rotatable bonds is 15. The van der Waals surface area contributed by atoms with Gasteiger partial charge in [-0.15, -0.1) is 0 Å². The third-order valence-electron chi connectivity index (χ3n) is 14.1. The summed E-state index contributed by atoms with van der Waals surface area (Å²) in [5, 5.41) is 17.6. The lowest BCUT2D eigenvalue weighted by Crippen LogP contribution is -2.69. The summed E-state index contributed by atoms with van der Waals surface area (Å²) < 4.78 is 31.6. The summed E-state index contributed by atoms with van der Waals surface area (Å²) in [6.45, 7) is 5.17. The third kappa shape index (κ3) is 9.13. The number of ether oxygens (including phenoxy) is 5. The number of benzene rings is 4. The van der Waals surface area contributed by atoms with E-state index in [9.17, 15) is 19.5 Å². The Bertz CT molecular complexity index is 2510. The van der Waals surface area contributed by atoms with E-state index in [1.54, 1.807) is 50.1 Å². The molecule has 6 aliphatic rings. The van der Waals surface area contributed by atoms with Gasteiger partial charge in [-0.2, -0.15) is 5.06 Å². The van der Waals surface area contributed by atoms with Gasteiger partial charge in [-0.25, -0.2) is 0 Å².